The minimum Gasteiger partial charge on any atom is -0.306 e. The molecular formula is C9H12BrClN2. The number of nitrogens with zero attached hydrogens (tertiary/aromatic N) is 1. The van der Waals surface area contributed by atoms with E-state index in [4.69, 9.17) is 11.6 Å². The van der Waals surface area contributed by atoms with Crippen molar-refractivity contribution in [3.8, 4) is 0 Å². The maximum Gasteiger partial charge on any atom is 0.0706 e. The van der Waals surface area contributed by atoms with E-state index in [-0.39, 0.29) is 0 Å². The maximum absolute atomic E-state index is 6.04. The molecule has 0 aliphatic carbocycles. The smallest absolute Gasteiger partial charge is 0.0706 e. The van der Waals surface area contributed by atoms with Crippen molar-refractivity contribution >= 4 is 33.2 Å². The second-order valence-corrected chi connectivity index (χ2v) is 3.46. The molecule has 0 spiro atoms. The lowest BCUT2D eigenvalue weighted by Crippen LogP contribution is -2.37. The lowest BCUT2D eigenvalue weighted by molar-refractivity contribution is 0.716. The predicted molar refractivity (Wildman–Crippen MR) is 61.4 cm³/mol. The van der Waals surface area contributed by atoms with Gasteiger partial charge in [0.1, 0.15) is 0 Å². The third kappa shape index (κ3) is 2.86. The van der Waals surface area contributed by atoms with E-state index in [1.165, 1.54) is 0 Å². The van der Waals surface area contributed by atoms with E-state index in [0.717, 1.165) is 17.3 Å². The SMILES string of the molecule is CCN(NCBr)c1ccccc1Cl. The van der Waals surface area contributed by atoms with Gasteiger partial charge in [-0.15, -0.1) is 0 Å². The monoisotopic (exact) mass is 262 g/mol. The van der Waals surface area contributed by atoms with Crippen LogP contribution in [0.3, 0.4) is 0 Å². The second kappa shape index (κ2) is 5.47. The van der Waals surface area contributed by atoms with Crippen LogP contribution in [0.25, 0.3) is 0 Å². The number of hydrogen-bond acceptors (Lipinski definition) is 2. The Hall–Kier alpha value is -0.250. The number of hydrazine groups is 1. The van der Waals surface area contributed by atoms with Gasteiger partial charge in [0.05, 0.1) is 16.2 Å². The number of benzene rings is 1. The molecule has 0 atom stereocenters. The lowest BCUT2D eigenvalue weighted by atomic mass is 10.3. The highest BCUT2D eigenvalue weighted by atomic mass is 79.9. The fraction of sp³-hybridized carbons (Fsp3) is 0.333. The third-order valence-corrected chi connectivity index (χ3v) is 2.28. The highest BCUT2D eigenvalue weighted by Gasteiger charge is 2.05. The van der Waals surface area contributed by atoms with Gasteiger partial charge in [0.15, 0.2) is 0 Å². The van der Waals surface area contributed by atoms with Crippen molar-refractivity contribution in [1.82, 2.24) is 5.43 Å². The molecule has 0 aliphatic heterocycles. The summed E-state index contributed by atoms with van der Waals surface area (Å²) in [6.45, 7) is 2.94. The number of alkyl halides is 1. The van der Waals surface area contributed by atoms with Gasteiger partial charge in [-0.1, -0.05) is 39.7 Å². The molecule has 1 N–H and O–H groups in total. The fourth-order valence-electron chi connectivity index (χ4n) is 1.11. The minimum atomic E-state index is 0.714. The summed E-state index contributed by atoms with van der Waals surface area (Å²) in [5.74, 6) is 0. The van der Waals surface area contributed by atoms with Gasteiger partial charge < -0.3 is 5.01 Å². The van der Waals surface area contributed by atoms with E-state index < -0.39 is 0 Å². The molecule has 72 valence electrons. The van der Waals surface area contributed by atoms with Crippen LogP contribution in [0, 0.1) is 0 Å². The van der Waals surface area contributed by atoms with Gasteiger partial charge in [-0.25, -0.2) is 5.43 Å². The summed E-state index contributed by atoms with van der Waals surface area (Å²) in [6, 6.07) is 7.77. The molecular weight excluding hydrogens is 251 g/mol. The quantitative estimate of drug-likeness (QED) is 0.510. The minimum absolute atomic E-state index is 0.714. The molecule has 0 radical (unpaired) electrons. The molecule has 0 fully saturated rings. The first kappa shape index (κ1) is 10.8. The van der Waals surface area contributed by atoms with Crippen molar-refractivity contribution in [2.75, 3.05) is 17.0 Å². The second-order valence-electron chi connectivity index (χ2n) is 2.49. The topological polar surface area (TPSA) is 15.3 Å². The van der Waals surface area contributed by atoms with Crippen LogP contribution in [0.1, 0.15) is 6.92 Å². The average Bonchev–Trinajstić information content (AvgIpc) is 2.16. The summed E-state index contributed by atoms with van der Waals surface area (Å²) in [7, 11) is 0. The average molecular weight is 264 g/mol. The van der Waals surface area contributed by atoms with Crippen LogP contribution in [0.15, 0.2) is 24.3 Å². The van der Waals surface area contributed by atoms with Crippen molar-refractivity contribution < 1.29 is 0 Å². The molecule has 13 heavy (non-hydrogen) atoms. The standard InChI is InChI=1S/C9H12BrClN2/c1-2-13(12-7-10)9-6-4-3-5-8(9)11/h3-6,12H,2,7H2,1H3. The summed E-state index contributed by atoms with van der Waals surface area (Å²) in [6.07, 6.45) is 0. The van der Waals surface area contributed by atoms with Crippen LogP contribution in [-0.4, -0.2) is 12.0 Å². The van der Waals surface area contributed by atoms with Gasteiger partial charge in [-0.3, -0.25) is 0 Å². The van der Waals surface area contributed by atoms with Crippen molar-refractivity contribution in [3.63, 3.8) is 0 Å². The highest BCUT2D eigenvalue weighted by Crippen LogP contribution is 2.23. The summed E-state index contributed by atoms with van der Waals surface area (Å²) < 4.78 is 0. The van der Waals surface area contributed by atoms with Crippen LogP contribution in [0.2, 0.25) is 5.02 Å². The van der Waals surface area contributed by atoms with Gasteiger partial charge in [0, 0.05) is 6.54 Å². The summed E-state index contributed by atoms with van der Waals surface area (Å²) >= 11 is 9.35. The maximum atomic E-state index is 6.04. The Bertz CT molecular complexity index is 268. The fourth-order valence-corrected chi connectivity index (χ4v) is 1.65. The molecule has 0 saturated heterocycles. The van der Waals surface area contributed by atoms with E-state index in [2.05, 4.69) is 28.3 Å². The van der Waals surface area contributed by atoms with E-state index in [1.807, 2.05) is 29.3 Å². The summed E-state index contributed by atoms with van der Waals surface area (Å²) in [5, 5.41) is 2.76. The van der Waals surface area contributed by atoms with Crippen LogP contribution in [-0.2, 0) is 0 Å². The van der Waals surface area contributed by atoms with Crippen LogP contribution in [0.4, 0.5) is 5.69 Å². The first-order chi connectivity index (χ1) is 6.29. The molecule has 1 rings (SSSR count). The number of rotatable bonds is 4. The number of hydrogen-bond donors (Lipinski definition) is 1. The molecule has 0 unspecified atom stereocenters. The first-order valence-corrected chi connectivity index (χ1v) is 5.61. The Labute approximate surface area is 92.0 Å². The van der Waals surface area contributed by atoms with Crippen LogP contribution < -0.4 is 10.4 Å². The summed E-state index contributed by atoms with van der Waals surface area (Å²) in [4.78, 5) is 0. The molecule has 0 aliphatic rings. The van der Waals surface area contributed by atoms with E-state index in [0.29, 0.717) is 5.45 Å². The van der Waals surface area contributed by atoms with E-state index in [9.17, 15) is 0 Å². The highest BCUT2D eigenvalue weighted by molar-refractivity contribution is 9.09. The molecule has 0 saturated carbocycles. The van der Waals surface area contributed by atoms with Gasteiger partial charge in [0.25, 0.3) is 0 Å². The molecule has 2 nitrogen and oxygen atoms in total. The largest absolute Gasteiger partial charge is 0.306 e. The van der Waals surface area contributed by atoms with Crippen molar-refractivity contribution in [2.45, 2.75) is 6.92 Å². The Balaban J connectivity index is 2.84. The molecule has 1 aromatic rings. The van der Waals surface area contributed by atoms with Crippen LogP contribution >= 0.6 is 27.5 Å². The lowest BCUT2D eigenvalue weighted by Gasteiger charge is -2.23. The zero-order valence-corrected chi connectivity index (χ0v) is 9.77. The summed E-state index contributed by atoms with van der Waals surface area (Å²) in [5.41, 5.74) is 4.87. The van der Waals surface area contributed by atoms with Gasteiger partial charge >= 0.3 is 0 Å². The molecule has 4 heteroatoms. The molecule has 0 bridgehead atoms. The molecule has 0 heterocycles. The molecule has 0 aromatic heterocycles. The normalized spacial score (nSPS) is 10.1. The van der Waals surface area contributed by atoms with Gasteiger partial charge in [-0.2, -0.15) is 0 Å². The Morgan fingerprint density at radius 3 is 2.69 bits per heavy atom. The number of halogens is 2. The Morgan fingerprint density at radius 2 is 2.15 bits per heavy atom. The molecule has 0 amide bonds. The number of para-hydroxylation sites is 1. The Morgan fingerprint density at radius 1 is 1.46 bits per heavy atom. The van der Waals surface area contributed by atoms with E-state index in [1.54, 1.807) is 0 Å². The van der Waals surface area contributed by atoms with Gasteiger partial charge in [-0.05, 0) is 19.1 Å². The number of nitrogens with one attached hydrogen (secondary N) is 1. The van der Waals surface area contributed by atoms with Crippen LogP contribution in [0.5, 0.6) is 0 Å². The number of anilines is 1. The van der Waals surface area contributed by atoms with Crippen molar-refractivity contribution in [1.29, 1.82) is 0 Å². The third-order valence-electron chi connectivity index (χ3n) is 1.71. The zero-order chi connectivity index (χ0) is 9.68. The van der Waals surface area contributed by atoms with Gasteiger partial charge in [0.2, 0.25) is 0 Å². The van der Waals surface area contributed by atoms with E-state index >= 15 is 0 Å². The predicted octanol–water partition coefficient (Wildman–Crippen LogP) is 3.02. The van der Waals surface area contributed by atoms with Crippen molar-refractivity contribution in [3.05, 3.63) is 29.3 Å². The molecule has 1 aromatic carbocycles. The first-order valence-electron chi connectivity index (χ1n) is 4.11. The Kier molecular flexibility index (Phi) is 4.56. The zero-order valence-electron chi connectivity index (χ0n) is 7.43. The van der Waals surface area contributed by atoms with Crippen molar-refractivity contribution in [2.24, 2.45) is 0 Å².